The Morgan fingerprint density at radius 3 is 2.35 bits per heavy atom. The van der Waals surface area contributed by atoms with E-state index < -0.39 is 35.8 Å². The van der Waals surface area contributed by atoms with Crippen LogP contribution in [0.15, 0.2) is 48.2 Å². The molecular weight excluding hydrogens is 491 g/mol. The zero-order chi connectivity index (χ0) is 27.1. The summed E-state index contributed by atoms with van der Waals surface area (Å²) in [5.74, 6) is -1.04. The van der Waals surface area contributed by atoms with Gasteiger partial charge in [-0.15, -0.1) is 6.58 Å². The fourth-order valence-corrected chi connectivity index (χ4v) is 5.03. The van der Waals surface area contributed by atoms with E-state index in [0.717, 1.165) is 6.07 Å². The summed E-state index contributed by atoms with van der Waals surface area (Å²) in [7, 11) is 0. The summed E-state index contributed by atoms with van der Waals surface area (Å²) in [4.78, 5) is 57.2. The fraction of sp³-hybridized carbons (Fsp3) is 0.440. The van der Waals surface area contributed by atoms with Crippen molar-refractivity contribution in [3.8, 4) is 0 Å². The first-order valence-corrected chi connectivity index (χ1v) is 11.9. The van der Waals surface area contributed by atoms with Crippen LogP contribution in [0.1, 0.15) is 31.0 Å². The maximum atomic E-state index is 13.8. The molecule has 1 saturated heterocycles. The second-order valence-electron chi connectivity index (χ2n) is 9.17. The largest absolute Gasteiger partial charge is 0.416 e. The highest BCUT2D eigenvalue weighted by Crippen LogP contribution is 2.42. The van der Waals surface area contributed by atoms with E-state index in [1.807, 2.05) is 0 Å². The number of nitrogens with zero attached hydrogens (tertiary/aromatic N) is 4. The fourth-order valence-electron chi connectivity index (χ4n) is 5.03. The zero-order valence-corrected chi connectivity index (χ0v) is 20.5. The summed E-state index contributed by atoms with van der Waals surface area (Å²) in [6.45, 7) is 7.93. The van der Waals surface area contributed by atoms with Crippen molar-refractivity contribution in [1.82, 2.24) is 24.9 Å². The predicted molar refractivity (Wildman–Crippen MR) is 127 cm³/mol. The first-order chi connectivity index (χ1) is 17.5. The molecule has 0 aromatic heterocycles. The van der Waals surface area contributed by atoms with Crippen LogP contribution in [-0.2, 0) is 20.6 Å². The van der Waals surface area contributed by atoms with Gasteiger partial charge in [-0.25, -0.2) is 4.79 Å². The summed E-state index contributed by atoms with van der Waals surface area (Å²) in [6, 6.07) is 1.88. The molecular formula is C25H28F3N5O4. The lowest BCUT2D eigenvalue weighted by molar-refractivity contribution is -0.145. The van der Waals surface area contributed by atoms with Crippen LogP contribution in [0.2, 0.25) is 0 Å². The molecule has 37 heavy (non-hydrogen) atoms. The monoisotopic (exact) mass is 519 g/mol. The van der Waals surface area contributed by atoms with Gasteiger partial charge in [0.1, 0.15) is 6.04 Å². The van der Waals surface area contributed by atoms with Crippen LogP contribution in [0, 0.1) is 0 Å². The van der Waals surface area contributed by atoms with Gasteiger partial charge in [-0.05, 0) is 18.6 Å². The van der Waals surface area contributed by atoms with Crippen molar-refractivity contribution in [1.29, 1.82) is 0 Å². The van der Waals surface area contributed by atoms with Gasteiger partial charge in [-0.1, -0.05) is 24.3 Å². The molecule has 198 valence electrons. The van der Waals surface area contributed by atoms with Gasteiger partial charge in [-0.2, -0.15) is 13.2 Å². The molecule has 4 rings (SSSR count). The number of carbonyl (C=O) groups is 4. The molecule has 0 spiro atoms. The summed E-state index contributed by atoms with van der Waals surface area (Å²) in [6.07, 6.45) is -3.25. The van der Waals surface area contributed by atoms with Gasteiger partial charge in [0, 0.05) is 39.6 Å². The molecule has 2 atom stereocenters. The lowest BCUT2D eigenvalue weighted by atomic mass is 9.91. The smallest absolute Gasteiger partial charge is 0.339 e. The van der Waals surface area contributed by atoms with E-state index in [-0.39, 0.29) is 41.7 Å². The molecule has 9 nitrogen and oxygen atoms in total. The van der Waals surface area contributed by atoms with Crippen LogP contribution < -0.4 is 5.32 Å². The topological polar surface area (TPSA) is 93.3 Å². The normalized spacial score (nSPS) is 21.2. The highest BCUT2D eigenvalue weighted by molar-refractivity contribution is 6.03. The van der Waals surface area contributed by atoms with E-state index in [1.54, 1.807) is 16.7 Å². The molecule has 1 aromatic carbocycles. The van der Waals surface area contributed by atoms with Crippen molar-refractivity contribution >= 4 is 23.8 Å². The third kappa shape index (κ3) is 4.79. The number of halogens is 3. The van der Waals surface area contributed by atoms with Crippen LogP contribution in [0.4, 0.5) is 18.0 Å². The van der Waals surface area contributed by atoms with E-state index in [1.165, 1.54) is 41.0 Å². The predicted octanol–water partition coefficient (Wildman–Crippen LogP) is 2.13. The van der Waals surface area contributed by atoms with Gasteiger partial charge in [0.2, 0.25) is 11.8 Å². The molecule has 1 fully saturated rings. The standard InChI is InChI=1S/C25H28F3N5O4/c1-4-9-32-19-14-33(15(2)22(35)31-12-10-30(11-13-31)16(3)34)23(36)20(19)21(29-24(32)37)17-7-5-6-8-18(17)25(26,27)28/h4-8,15,21H,1,9-14H2,2-3H3,(H,29,37). The maximum Gasteiger partial charge on any atom is 0.416 e. The SMILES string of the molecule is C=CCN1C(=O)NC(c2ccccc2C(F)(F)F)C2=C1CN(C(C)C(=O)N1CCN(C(C)=O)CC1)C2=O. The van der Waals surface area contributed by atoms with Crippen LogP contribution in [0.5, 0.6) is 0 Å². The Balaban J connectivity index is 1.65. The molecule has 0 radical (unpaired) electrons. The molecule has 5 amide bonds. The molecule has 12 heteroatoms. The van der Waals surface area contributed by atoms with Crippen LogP contribution in [0.3, 0.4) is 0 Å². The van der Waals surface area contributed by atoms with Crippen molar-refractivity contribution in [3.63, 3.8) is 0 Å². The number of alkyl halides is 3. The second kappa shape index (κ2) is 9.91. The summed E-state index contributed by atoms with van der Waals surface area (Å²) < 4.78 is 41.4. The van der Waals surface area contributed by atoms with Crippen molar-refractivity contribution in [2.45, 2.75) is 32.1 Å². The summed E-state index contributed by atoms with van der Waals surface area (Å²) >= 11 is 0. The quantitative estimate of drug-likeness (QED) is 0.604. The summed E-state index contributed by atoms with van der Waals surface area (Å²) in [5, 5.41) is 2.55. The number of nitrogens with one attached hydrogen (secondary N) is 1. The number of piperazine rings is 1. The number of rotatable bonds is 5. The van der Waals surface area contributed by atoms with Crippen LogP contribution >= 0.6 is 0 Å². The molecule has 3 heterocycles. The number of carbonyl (C=O) groups excluding carboxylic acids is 4. The molecule has 3 aliphatic rings. The average molecular weight is 520 g/mol. The van der Waals surface area contributed by atoms with E-state index >= 15 is 0 Å². The minimum atomic E-state index is -4.70. The zero-order valence-electron chi connectivity index (χ0n) is 20.5. The van der Waals surface area contributed by atoms with Crippen molar-refractivity contribution in [2.24, 2.45) is 0 Å². The van der Waals surface area contributed by atoms with Gasteiger partial charge in [0.25, 0.3) is 5.91 Å². The highest BCUT2D eigenvalue weighted by atomic mass is 19.4. The van der Waals surface area contributed by atoms with Gasteiger partial charge in [-0.3, -0.25) is 19.3 Å². The first-order valence-electron chi connectivity index (χ1n) is 11.9. The lowest BCUT2D eigenvalue weighted by Crippen LogP contribution is -2.55. The Morgan fingerprint density at radius 2 is 1.76 bits per heavy atom. The second-order valence-corrected chi connectivity index (χ2v) is 9.17. The van der Waals surface area contributed by atoms with Crippen molar-refractivity contribution in [2.75, 3.05) is 39.3 Å². The van der Waals surface area contributed by atoms with E-state index in [4.69, 9.17) is 0 Å². The van der Waals surface area contributed by atoms with Crippen molar-refractivity contribution < 1.29 is 32.3 Å². The molecule has 0 aliphatic carbocycles. The van der Waals surface area contributed by atoms with E-state index in [2.05, 4.69) is 11.9 Å². The number of benzene rings is 1. The molecule has 1 N–H and O–H groups in total. The van der Waals surface area contributed by atoms with Crippen LogP contribution in [0.25, 0.3) is 0 Å². The lowest BCUT2D eigenvalue weighted by Gasteiger charge is -2.37. The highest BCUT2D eigenvalue weighted by Gasteiger charge is 2.48. The number of hydrogen-bond donors (Lipinski definition) is 1. The van der Waals surface area contributed by atoms with Gasteiger partial charge in [0.15, 0.2) is 0 Å². The first kappa shape index (κ1) is 26.2. The average Bonchev–Trinajstić information content (AvgIpc) is 3.21. The molecule has 0 bridgehead atoms. The molecule has 3 aliphatic heterocycles. The maximum absolute atomic E-state index is 13.8. The van der Waals surface area contributed by atoms with E-state index in [9.17, 15) is 32.3 Å². The Morgan fingerprint density at radius 1 is 1.14 bits per heavy atom. The Labute approximate surface area is 212 Å². The van der Waals surface area contributed by atoms with Gasteiger partial charge < -0.3 is 20.0 Å². The Kier molecular flexibility index (Phi) is 7.03. The third-order valence-corrected chi connectivity index (χ3v) is 7.00. The minimum Gasteiger partial charge on any atom is -0.339 e. The van der Waals surface area contributed by atoms with Gasteiger partial charge >= 0.3 is 12.2 Å². The minimum absolute atomic E-state index is 0.000742. The van der Waals surface area contributed by atoms with Crippen molar-refractivity contribution in [3.05, 3.63) is 59.3 Å². The Hall–Kier alpha value is -3.83. The molecule has 0 saturated carbocycles. The van der Waals surface area contributed by atoms with Crippen LogP contribution in [-0.4, -0.2) is 88.7 Å². The number of amides is 5. The molecule has 1 aromatic rings. The van der Waals surface area contributed by atoms with Gasteiger partial charge in [0.05, 0.1) is 29.4 Å². The third-order valence-electron chi connectivity index (χ3n) is 7.00. The number of hydrogen-bond acceptors (Lipinski definition) is 4. The number of urea groups is 1. The molecule has 2 unspecified atom stereocenters. The summed E-state index contributed by atoms with van der Waals surface area (Å²) in [5.41, 5.74) is -0.956. The van der Waals surface area contributed by atoms with E-state index in [0.29, 0.717) is 26.2 Å². The Bertz CT molecular complexity index is 1170.